The molecule has 3 rings (SSSR count). The summed E-state index contributed by atoms with van der Waals surface area (Å²) >= 11 is 0. The molecule has 0 amide bonds. The third kappa shape index (κ3) is 2.37. The average Bonchev–Trinajstić information content (AvgIpc) is 2.48. The maximum absolute atomic E-state index is 10.1. The molecule has 3 N–H and O–H groups in total. The van der Waals surface area contributed by atoms with Crippen molar-refractivity contribution in [3.8, 4) is 0 Å². The molecule has 1 aliphatic rings. The Morgan fingerprint density at radius 2 is 2.20 bits per heavy atom. The molecule has 1 aliphatic heterocycles. The summed E-state index contributed by atoms with van der Waals surface area (Å²) in [5.74, 6) is 1.28. The smallest absolute Gasteiger partial charge is 0.133 e. The topological polar surface area (TPSA) is 62.4 Å². The Morgan fingerprint density at radius 3 is 2.95 bits per heavy atom. The van der Waals surface area contributed by atoms with E-state index in [-0.39, 0.29) is 6.10 Å². The predicted octanol–water partition coefficient (Wildman–Crippen LogP) is 1.90. The Labute approximate surface area is 119 Å². The Balaban J connectivity index is 2.01. The van der Waals surface area contributed by atoms with Crippen LogP contribution >= 0.6 is 0 Å². The van der Waals surface area contributed by atoms with Gasteiger partial charge in [-0.1, -0.05) is 25.1 Å². The highest BCUT2D eigenvalue weighted by molar-refractivity contribution is 5.81. The fraction of sp³-hybridized carbons (Fsp3) is 0.438. The Bertz CT molecular complexity index is 614. The van der Waals surface area contributed by atoms with Gasteiger partial charge in [0.2, 0.25) is 0 Å². The molecular weight excluding hydrogens is 250 g/mol. The van der Waals surface area contributed by atoms with Crippen molar-refractivity contribution in [3.05, 3.63) is 35.9 Å². The maximum atomic E-state index is 10.1. The van der Waals surface area contributed by atoms with E-state index >= 15 is 0 Å². The van der Waals surface area contributed by atoms with Gasteiger partial charge in [-0.15, -0.1) is 0 Å². The second kappa shape index (κ2) is 5.38. The molecule has 0 bridgehead atoms. The molecule has 2 atom stereocenters. The summed E-state index contributed by atoms with van der Waals surface area (Å²) in [7, 11) is 0. The lowest BCUT2D eigenvalue weighted by Gasteiger charge is -2.36. The molecule has 1 fully saturated rings. The van der Waals surface area contributed by atoms with E-state index in [1.807, 2.05) is 18.2 Å². The molecule has 1 saturated heterocycles. The fourth-order valence-electron chi connectivity index (χ4n) is 2.81. The minimum atomic E-state index is -0.289. The van der Waals surface area contributed by atoms with Gasteiger partial charge in [0.15, 0.2) is 0 Å². The number of benzene rings is 1. The molecule has 0 spiro atoms. The number of pyridine rings is 1. The van der Waals surface area contributed by atoms with Crippen LogP contribution in [0.15, 0.2) is 30.3 Å². The van der Waals surface area contributed by atoms with Crippen molar-refractivity contribution in [1.82, 2.24) is 4.98 Å². The molecule has 0 aliphatic carbocycles. The quantitative estimate of drug-likeness (QED) is 0.875. The number of hydrogen-bond acceptors (Lipinski definition) is 4. The van der Waals surface area contributed by atoms with Gasteiger partial charge in [0, 0.05) is 30.6 Å². The van der Waals surface area contributed by atoms with Crippen molar-refractivity contribution in [2.45, 2.75) is 26.0 Å². The first-order valence-corrected chi connectivity index (χ1v) is 7.21. The van der Waals surface area contributed by atoms with Crippen LogP contribution in [0.3, 0.4) is 0 Å². The zero-order valence-electron chi connectivity index (χ0n) is 11.8. The fourth-order valence-corrected chi connectivity index (χ4v) is 2.81. The summed E-state index contributed by atoms with van der Waals surface area (Å²) in [6.45, 7) is 4.13. The first kappa shape index (κ1) is 13.3. The molecular formula is C16H21N3O. The number of piperidine rings is 1. The largest absolute Gasteiger partial charge is 0.391 e. The lowest BCUT2D eigenvalue weighted by Crippen LogP contribution is -2.43. The van der Waals surface area contributed by atoms with Gasteiger partial charge in [0.05, 0.1) is 11.6 Å². The molecule has 2 heterocycles. The van der Waals surface area contributed by atoms with Gasteiger partial charge in [0.1, 0.15) is 5.82 Å². The molecule has 4 nitrogen and oxygen atoms in total. The Morgan fingerprint density at radius 1 is 1.40 bits per heavy atom. The highest BCUT2D eigenvalue weighted by atomic mass is 16.3. The normalized spacial score (nSPS) is 23.2. The second-order valence-corrected chi connectivity index (χ2v) is 5.65. The van der Waals surface area contributed by atoms with E-state index in [9.17, 15) is 5.11 Å². The Hall–Kier alpha value is -1.65. The first-order chi connectivity index (χ1) is 9.69. The lowest BCUT2D eigenvalue weighted by atomic mass is 9.95. The summed E-state index contributed by atoms with van der Waals surface area (Å²) in [6.07, 6.45) is 0.697. The van der Waals surface area contributed by atoms with Crippen LogP contribution < -0.4 is 10.6 Å². The van der Waals surface area contributed by atoms with E-state index < -0.39 is 0 Å². The van der Waals surface area contributed by atoms with Crippen molar-refractivity contribution >= 4 is 16.7 Å². The molecule has 0 radical (unpaired) electrons. The van der Waals surface area contributed by atoms with E-state index in [0.29, 0.717) is 19.0 Å². The number of nitrogens with zero attached hydrogens (tertiary/aromatic N) is 2. The monoisotopic (exact) mass is 271 g/mol. The molecule has 0 saturated carbocycles. The standard InChI is InChI=1S/C16H21N3O/c1-11-6-7-19(10-15(11)20)16-13(9-17)8-12-4-2-3-5-14(12)18-16/h2-5,8,11,15,20H,6-7,9-10,17H2,1H3. The SMILES string of the molecule is CC1CCN(c2nc3ccccc3cc2CN)CC1O. The number of aliphatic hydroxyl groups excluding tert-OH is 1. The van der Waals surface area contributed by atoms with E-state index in [1.54, 1.807) is 0 Å². The molecule has 20 heavy (non-hydrogen) atoms. The van der Waals surface area contributed by atoms with Crippen LogP contribution in [0, 0.1) is 5.92 Å². The van der Waals surface area contributed by atoms with Crippen LogP contribution in [-0.4, -0.2) is 29.3 Å². The summed E-state index contributed by atoms with van der Waals surface area (Å²) in [5, 5.41) is 11.2. The number of para-hydroxylation sites is 1. The highest BCUT2D eigenvalue weighted by Gasteiger charge is 2.26. The minimum Gasteiger partial charge on any atom is -0.391 e. The van der Waals surface area contributed by atoms with Crippen molar-refractivity contribution in [2.75, 3.05) is 18.0 Å². The predicted molar refractivity (Wildman–Crippen MR) is 81.6 cm³/mol. The van der Waals surface area contributed by atoms with Crippen LogP contribution in [0.4, 0.5) is 5.82 Å². The van der Waals surface area contributed by atoms with Gasteiger partial charge in [-0.3, -0.25) is 0 Å². The number of fused-ring (bicyclic) bond motifs is 1. The van der Waals surface area contributed by atoms with Gasteiger partial charge < -0.3 is 15.7 Å². The number of nitrogens with two attached hydrogens (primary N) is 1. The molecule has 1 aromatic heterocycles. The number of hydrogen-bond donors (Lipinski definition) is 2. The zero-order valence-corrected chi connectivity index (χ0v) is 11.8. The van der Waals surface area contributed by atoms with Crippen LogP contribution in [0.2, 0.25) is 0 Å². The van der Waals surface area contributed by atoms with Crippen LogP contribution in [-0.2, 0) is 6.54 Å². The average molecular weight is 271 g/mol. The van der Waals surface area contributed by atoms with E-state index in [4.69, 9.17) is 10.7 Å². The van der Waals surface area contributed by atoms with Crippen molar-refractivity contribution in [3.63, 3.8) is 0 Å². The zero-order chi connectivity index (χ0) is 14.1. The minimum absolute atomic E-state index is 0.289. The first-order valence-electron chi connectivity index (χ1n) is 7.21. The summed E-state index contributed by atoms with van der Waals surface area (Å²) in [5.41, 5.74) is 7.91. The van der Waals surface area contributed by atoms with Crippen LogP contribution in [0.5, 0.6) is 0 Å². The van der Waals surface area contributed by atoms with E-state index in [0.717, 1.165) is 35.2 Å². The van der Waals surface area contributed by atoms with E-state index in [1.165, 1.54) is 0 Å². The molecule has 4 heteroatoms. The van der Waals surface area contributed by atoms with Gasteiger partial charge in [0.25, 0.3) is 0 Å². The number of anilines is 1. The molecule has 2 aromatic rings. The number of aliphatic hydroxyl groups is 1. The van der Waals surface area contributed by atoms with Crippen molar-refractivity contribution in [1.29, 1.82) is 0 Å². The second-order valence-electron chi connectivity index (χ2n) is 5.65. The highest BCUT2D eigenvalue weighted by Crippen LogP contribution is 2.27. The molecule has 1 aromatic carbocycles. The number of β-amino-alcohol motifs (C(OH)–C–C–N with tert-alkyl or cyclic N) is 1. The third-order valence-electron chi connectivity index (χ3n) is 4.22. The maximum Gasteiger partial charge on any atom is 0.133 e. The van der Waals surface area contributed by atoms with E-state index in [2.05, 4.69) is 24.0 Å². The van der Waals surface area contributed by atoms with Crippen LogP contribution in [0.25, 0.3) is 10.9 Å². The van der Waals surface area contributed by atoms with Crippen molar-refractivity contribution in [2.24, 2.45) is 11.7 Å². The van der Waals surface area contributed by atoms with Gasteiger partial charge >= 0.3 is 0 Å². The molecule has 2 unspecified atom stereocenters. The summed E-state index contributed by atoms with van der Waals surface area (Å²) in [6, 6.07) is 10.2. The van der Waals surface area contributed by atoms with Crippen LogP contribution in [0.1, 0.15) is 18.9 Å². The Kier molecular flexibility index (Phi) is 3.59. The third-order valence-corrected chi connectivity index (χ3v) is 4.22. The van der Waals surface area contributed by atoms with Crippen molar-refractivity contribution < 1.29 is 5.11 Å². The molecule has 106 valence electrons. The van der Waals surface area contributed by atoms with Gasteiger partial charge in [-0.25, -0.2) is 4.98 Å². The number of rotatable bonds is 2. The lowest BCUT2D eigenvalue weighted by molar-refractivity contribution is 0.102. The summed E-state index contributed by atoms with van der Waals surface area (Å²) < 4.78 is 0. The van der Waals surface area contributed by atoms with Gasteiger partial charge in [-0.05, 0) is 24.5 Å². The number of aromatic nitrogens is 1. The van der Waals surface area contributed by atoms with Gasteiger partial charge in [-0.2, -0.15) is 0 Å². The summed E-state index contributed by atoms with van der Waals surface area (Å²) in [4.78, 5) is 6.93.